The fraction of sp³-hybridized carbons (Fsp3) is 0.533. The third-order valence-electron chi connectivity index (χ3n) is 4.13. The SMILES string of the molecule is CCc1nc2c3c4c(sc3nc(CC)n2n1)CCCC4. The molecule has 1 aliphatic rings. The molecular weight excluding hydrogens is 268 g/mol. The van der Waals surface area contributed by atoms with Crippen LogP contribution in [0.4, 0.5) is 0 Å². The Bertz CT molecular complexity index is 799. The van der Waals surface area contributed by atoms with Gasteiger partial charge >= 0.3 is 0 Å². The quantitative estimate of drug-likeness (QED) is 0.725. The Kier molecular flexibility index (Phi) is 2.77. The zero-order chi connectivity index (χ0) is 13.7. The van der Waals surface area contributed by atoms with Crippen molar-refractivity contribution in [3.05, 3.63) is 22.1 Å². The van der Waals surface area contributed by atoms with Crippen molar-refractivity contribution in [2.45, 2.75) is 52.4 Å². The van der Waals surface area contributed by atoms with Gasteiger partial charge in [-0.05, 0) is 31.2 Å². The van der Waals surface area contributed by atoms with Gasteiger partial charge in [-0.3, -0.25) is 0 Å². The molecule has 0 unspecified atom stereocenters. The smallest absolute Gasteiger partial charge is 0.168 e. The molecular formula is C15H18N4S. The Morgan fingerprint density at radius 1 is 1.10 bits per heavy atom. The highest BCUT2D eigenvalue weighted by Gasteiger charge is 2.22. The van der Waals surface area contributed by atoms with Crippen LogP contribution in [0, 0.1) is 0 Å². The summed E-state index contributed by atoms with van der Waals surface area (Å²) in [6.07, 6.45) is 6.74. The van der Waals surface area contributed by atoms with Crippen LogP contribution in [0.3, 0.4) is 0 Å². The highest BCUT2D eigenvalue weighted by Crippen LogP contribution is 2.37. The van der Waals surface area contributed by atoms with Gasteiger partial charge in [-0.1, -0.05) is 13.8 Å². The van der Waals surface area contributed by atoms with E-state index in [1.165, 1.54) is 41.5 Å². The topological polar surface area (TPSA) is 43.1 Å². The predicted molar refractivity (Wildman–Crippen MR) is 81.6 cm³/mol. The Balaban J connectivity index is 2.14. The lowest BCUT2D eigenvalue weighted by molar-refractivity contribution is 0.700. The number of aromatic nitrogens is 4. The number of hydrogen-bond acceptors (Lipinski definition) is 4. The summed E-state index contributed by atoms with van der Waals surface area (Å²) in [6.45, 7) is 4.24. The lowest BCUT2D eigenvalue weighted by atomic mass is 9.97. The van der Waals surface area contributed by atoms with Gasteiger partial charge in [-0.15, -0.1) is 16.4 Å². The molecule has 0 amide bonds. The van der Waals surface area contributed by atoms with E-state index >= 15 is 0 Å². The lowest BCUT2D eigenvalue weighted by Gasteiger charge is -2.10. The van der Waals surface area contributed by atoms with Gasteiger partial charge in [0.25, 0.3) is 0 Å². The monoisotopic (exact) mass is 286 g/mol. The molecule has 0 aliphatic heterocycles. The first-order chi connectivity index (χ1) is 9.81. The average molecular weight is 286 g/mol. The zero-order valence-corrected chi connectivity index (χ0v) is 12.8. The van der Waals surface area contributed by atoms with Crippen LogP contribution in [-0.2, 0) is 25.7 Å². The molecule has 1 aliphatic carbocycles. The maximum atomic E-state index is 4.85. The molecule has 0 spiro atoms. The standard InChI is InChI=1S/C15H18N4S/c1-3-11-16-14-13-9-7-5-6-8-10(9)20-15(13)17-12(4-2)19(14)18-11/h3-8H2,1-2H3. The van der Waals surface area contributed by atoms with E-state index in [4.69, 9.17) is 9.97 Å². The van der Waals surface area contributed by atoms with Crippen LogP contribution < -0.4 is 0 Å². The van der Waals surface area contributed by atoms with Crippen LogP contribution in [0.5, 0.6) is 0 Å². The molecule has 4 nitrogen and oxygen atoms in total. The van der Waals surface area contributed by atoms with Crippen molar-refractivity contribution in [1.29, 1.82) is 0 Å². The Morgan fingerprint density at radius 2 is 1.95 bits per heavy atom. The van der Waals surface area contributed by atoms with Crippen molar-refractivity contribution in [1.82, 2.24) is 19.6 Å². The first-order valence-electron chi connectivity index (χ1n) is 7.50. The van der Waals surface area contributed by atoms with E-state index in [2.05, 4.69) is 18.9 Å². The van der Waals surface area contributed by atoms with Crippen molar-refractivity contribution in [2.24, 2.45) is 0 Å². The first-order valence-corrected chi connectivity index (χ1v) is 8.32. The average Bonchev–Trinajstić information content (AvgIpc) is 3.06. The molecule has 0 saturated carbocycles. The molecule has 3 heterocycles. The summed E-state index contributed by atoms with van der Waals surface area (Å²) in [4.78, 5) is 12.3. The third-order valence-corrected chi connectivity index (χ3v) is 5.32. The molecule has 3 aromatic heterocycles. The largest absolute Gasteiger partial charge is 0.222 e. The summed E-state index contributed by atoms with van der Waals surface area (Å²) in [5, 5.41) is 5.90. The first kappa shape index (κ1) is 12.3. The fourth-order valence-electron chi connectivity index (χ4n) is 3.10. The molecule has 0 bridgehead atoms. The number of fused-ring (bicyclic) bond motifs is 5. The molecule has 0 atom stereocenters. The lowest BCUT2D eigenvalue weighted by Crippen LogP contribution is -2.03. The van der Waals surface area contributed by atoms with Gasteiger partial charge in [0, 0.05) is 17.7 Å². The minimum atomic E-state index is 0.874. The van der Waals surface area contributed by atoms with E-state index in [0.29, 0.717) is 0 Å². The van der Waals surface area contributed by atoms with Crippen LogP contribution >= 0.6 is 11.3 Å². The zero-order valence-electron chi connectivity index (χ0n) is 11.9. The Hall–Kier alpha value is -1.49. The fourth-order valence-corrected chi connectivity index (χ4v) is 4.38. The van der Waals surface area contributed by atoms with Gasteiger partial charge in [0.1, 0.15) is 10.7 Å². The number of hydrogen-bond donors (Lipinski definition) is 0. The van der Waals surface area contributed by atoms with Crippen molar-refractivity contribution < 1.29 is 0 Å². The summed E-state index contributed by atoms with van der Waals surface area (Å²) in [5.41, 5.74) is 2.52. The normalized spacial score (nSPS) is 15.1. The molecule has 0 N–H and O–H groups in total. The summed E-state index contributed by atoms with van der Waals surface area (Å²) < 4.78 is 1.97. The Labute approximate surface area is 121 Å². The van der Waals surface area contributed by atoms with Crippen LogP contribution in [0.1, 0.15) is 48.8 Å². The molecule has 0 radical (unpaired) electrons. The van der Waals surface area contributed by atoms with Crippen molar-refractivity contribution in [3.63, 3.8) is 0 Å². The second-order valence-electron chi connectivity index (χ2n) is 5.39. The van der Waals surface area contributed by atoms with Gasteiger partial charge in [0.15, 0.2) is 11.5 Å². The van der Waals surface area contributed by atoms with Crippen LogP contribution in [0.25, 0.3) is 15.9 Å². The Morgan fingerprint density at radius 3 is 2.75 bits per heavy atom. The van der Waals surface area contributed by atoms with E-state index in [0.717, 1.165) is 35.0 Å². The molecule has 3 aromatic rings. The highest BCUT2D eigenvalue weighted by atomic mass is 32.1. The predicted octanol–water partition coefficient (Wildman–Crippen LogP) is 3.34. The molecule has 0 saturated heterocycles. The maximum Gasteiger partial charge on any atom is 0.168 e. The highest BCUT2D eigenvalue weighted by molar-refractivity contribution is 7.19. The summed E-state index contributed by atoms with van der Waals surface area (Å²) >= 11 is 1.87. The van der Waals surface area contributed by atoms with E-state index in [1.807, 2.05) is 15.9 Å². The van der Waals surface area contributed by atoms with Gasteiger partial charge in [-0.2, -0.15) is 4.52 Å². The molecule has 0 fully saturated rings. The van der Waals surface area contributed by atoms with Gasteiger partial charge in [0.05, 0.1) is 5.39 Å². The number of rotatable bonds is 2. The number of nitrogens with zero attached hydrogens (tertiary/aromatic N) is 4. The second kappa shape index (κ2) is 4.52. The molecule has 5 heteroatoms. The minimum Gasteiger partial charge on any atom is -0.222 e. The van der Waals surface area contributed by atoms with E-state index < -0.39 is 0 Å². The van der Waals surface area contributed by atoms with Crippen molar-refractivity contribution >= 4 is 27.2 Å². The molecule has 0 aromatic carbocycles. The summed E-state index contributed by atoms with van der Waals surface area (Å²) in [7, 11) is 0. The number of thiophene rings is 1. The van der Waals surface area contributed by atoms with Crippen LogP contribution in [0.15, 0.2) is 0 Å². The van der Waals surface area contributed by atoms with E-state index in [-0.39, 0.29) is 0 Å². The molecule has 104 valence electrons. The van der Waals surface area contributed by atoms with Crippen molar-refractivity contribution in [2.75, 3.05) is 0 Å². The van der Waals surface area contributed by atoms with Gasteiger partial charge in [-0.25, -0.2) is 9.97 Å². The summed E-state index contributed by atoms with van der Waals surface area (Å²) in [6, 6.07) is 0. The third kappa shape index (κ3) is 1.62. The van der Waals surface area contributed by atoms with E-state index in [1.54, 1.807) is 0 Å². The molecule has 20 heavy (non-hydrogen) atoms. The second-order valence-corrected chi connectivity index (χ2v) is 6.47. The van der Waals surface area contributed by atoms with Crippen LogP contribution in [-0.4, -0.2) is 19.6 Å². The van der Waals surface area contributed by atoms with Gasteiger partial charge < -0.3 is 0 Å². The molecule has 4 rings (SSSR count). The van der Waals surface area contributed by atoms with Crippen molar-refractivity contribution in [3.8, 4) is 0 Å². The van der Waals surface area contributed by atoms with Crippen LogP contribution in [0.2, 0.25) is 0 Å². The summed E-state index contributed by atoms with van der Waals surface area (Å²) in [5.74, 6) is 1.95. The van der Waals surface area contributed by atoms with E-state index in [9.17, 15) is 0 Å². The number of aryl methyl sites for hydroxylation is 4. The van der Waals surface area contributed by atoms with Gasteiger partial charge in [0.2, 0.25) is 0 Å². The maximum absolute atomic E-state index is 4.85. The minimum absolute atomic E-state index is 0.874.